The molecule has 26 heavy (non-hydrogen) atoms. The fourth-order valence-corrected chi connectivity index (χ4v) is 3.37. The quantitative estimate of drug-likeness (QED) is 0.844. The Hall–Kier alpha value is -2.64. The average molecular weight is 370 g/mol. The van der Waals surface area contributed by atoms with Gasteiger partial charge in [-0.3, -0.25) is 19.3 Å². The number of carbonyl (C=O) groups is 3. The third-order valence-electron chi connectivity index (χ3n) is 3.94. The molecule has 3 amide bonds. The van der Waals surface area contributed by atoms with E-state index in [4.69, 9.17) is 4.74 Å². The number of carbonyl (C=O) groups excluding carboxylic acids is 3. The summed E-state index contributed by atoms with van der Waals surface area (Å²) in [6.45, 7) is 0.569. The first kappa shape index (κ1) is 18.2. The highest BCUT2D eigenvalue weighted by atomic mass is 32.2. The van der Waals surface area contributed by atoms with Crippen molar-refractivity contribution in [1.82, 2.24) is 4.90 Å². The van der Waals surface area contributed by atoms with E-state index in [0.717, 1.165) is 22.9 Å². The summed E-state index contributed by atoms with van der Waals surface area (Å²) in [6.07, 6.45) is 0. The molecule has 7 heteroatoms. The van der Waals surface area contributed by atoms with Crippen LogP contribution in [0.3, 0.4) is 0 Å². The van der Waals surface area contributed by atoms with Crippen molar-refractivity contribution in [1.29, 1.82) is 0 Å². The van der Waals surface area contributed by atoms with Crippen molar-refractivity contribution in [2.24, 2.45) is 0 Å². The number of thioether (sulfide) groups is 1. The van der Waals surface area contributed by atoms with Crippen LogP contribution in [-0.2, 0) is 22.7 Å². The van der Waals surface area contributed by atoms with Crippen LogP contribution in [0.2, 0.25) is 0 Å². The van der Waals surface area contributed by atoms with Crippen LogP contribution in [0.25, 0.3) is 0 Å². The molecule has 0 unspecified atom stereocenters. The molecule has 6 nitrogen and oxygen atoms in total. The van der Waals surface area contributed by atoms with E-state index in [9.17, 15) is 14.4 Å². The largest absolute Gasteiger partial charge is 0.380 e. The van der Waals surface area contributed by atoms with Crippen LogP contribution in [0.15, 0.2) is 48.5 Å². The Bertz CT molecular complexity index is 837. The van der Waals surface area contributed by atoms with Crippen molar-refractivity contribution < 1.29 is 19.1 Å². The molecule has 134 valence electrons. The van der Waals surface area contributed by atoms with E-state index in [1.165, 1.54) is 4.90 Å². The lowest BCUT2D eigenvalue weighted by Crippen LogP contribution is -2.28. The fraction of sp³-hybridized carbons (Fsp3) is 0.211. The van der Waals surface area contributed by atoms with Crippen LogP contribution < -0.4 is 5.32 Å². The second-order valence-electron chi connectivity index (χ2n) is 5.78. The topological polar surface area (TPSA) is 75.7 Å². The van der Waals surface area contributed by atoms with Gasteiger partial charge in [-0.1, -0.05) is 42.1 Å². The number of rotatable bonds is 6. The molecule has 0 spiro atoms. The zero-order valence-electron chi connectivity index (χ0n) is 14.2. The summed E-state index contributed by atoms with van der Waals surface area (Å²) in [5, 5.41) is 2.63. The predicted octanol–water partition coefficient (Wildman–Crippen LogP) is 3.28. The summed E-state index contributed by atoms with van der Waals surface area (Å²) in [5.41, 5.74) is 2.75. The van der Waals surface area contributed by atoms with E-state index in [-0.39, 0.29) is 29.4 Å². The third kappa shape index (κ3) is 4.12. The van der Waals surface area contributed by atoms with Crippen LogP contribution in [0, 0.1) is 0 Å². The maximum absolute atomic E-state index is 12.6. The number of imide groups is 1. The molecule has 1 heterocycles. The molecule has 0 aromatic heterocycles. The molecular formula is C19H18N2O4S. The number of nitrogens with one attached hydrogen (secondary N) is 1. The van der Waals surface area contributed by atoms with Crippen molar-refractivity contribution in [2.75, 3.05) is 18.2 Å². The first-order valence-electron chi connectivity index (χ1n) is 8.02. The highest BCUT2D eigenvalue weighted by Gasteiger charge is 2.29. The van der Waals surface area contributed by atoms with Crippen LogP contribution in [-0.4, -0.2) is 34.8 Å². The minimum atomic E-state index is -0.260. The van der Waals surface area contributed by atoms with Gasteiger partial charge in [-0.2, -0.15) is 0 Å². The first-order chi connectivity index (χ1) is 12.6. The molecule has 0 atom stereocenters. The molecular weight excluding hydrogens is 352 g/mol. The normalized spacial score (nSPS) is 14.0. The van der Waals surface area contributed by atoms with Crippen molar-refractivity contribution >= 4 is 34.5 Å². The zero-order valence-corrected chi connectivity index (χ0v) is 15.0. The summed E-state index contributed by atoms with van der Waals surface area (Å²) >= 11 is 0.998. The number of benzene rings is 2. The Kier molecular flexibility index (Phi) is 5.70. The van der Waals surface area contributed by atoms with Gasteiger partial charge in [0.2, 0.25) is 5.91 Å². The van der Waals surface area contributed by atoms with Crippen molar-refractivity contribution in [3.63, 3.8) is 0 Å². The lowest BCUT2D eigenvalue weighted by atomic mass is 10.1. The Balaban J connectivity index is 1.74. The van der Waals surface area contributed by atoms with Gasteiger partial charge in [0.15, 0.2) is 0 Å². The number of para-hydroxylation sites is 1. The van der Waals surface area contributed by atoms with Gasteiger partial charge in [0.25, 0.3) is 11.1 Å². The molecule has 0 bridgehead atoms. The van der Waals surface area contributed by atoms with E-state index in [1.54, 1.807) is 31.4 Å². The van der Waals surface area contributed by atoms with Crippen molar-refractivity contribution in [3.8, 4) is 0 Å². The van der Waals surface area contributed by atoms with E-state index in [1.807, 2.05) is 24.3 Å². The summed E-state index contributed by atoms with van der Waals surface area (Å²) in [7, 11) is 1.60. The molecule has 1 aliphatic heterocycles. The molecule has 2 aromatic carbocycles. The summed E-state index contributed by atoms with van der Waals surface area (Å²) in [5.74, 6) is -0.290. The van der Waals surface area contributed by atoms with Gasteiger partial charge in [-0.15, -0.1) is 0 Å². The van der Waals surface area contributed by atoms with Gasteiger partial charge in [0.1, 0.15) is 0 Å². The molecule has 0 saturated carbocycles. The second-order valence-corrected chi connectivity index (χ2v) is 6.71. The Labute approximate surface area is 155 Å². The molecule has 3 rings (SSSR count). The first-order valence-corrected chi connectivity index (χ1v) is 9.01. The molecule has 0 aliphatic carbocycles. The van der Waals surface area contributed by atoms with E-state index >= 15 is 0 Å². The second kappa shape index (κ2) is 8.16. The van der Waals surface area contributed by atoms with Gasteiger partial charge in [-0.05, 0) is 23.8 Å². The number of amides is 3. The number of anilines is 1. The smallest absolute Gasteiger partial charge is 0.289 e. The minimum absolute atomic E-state index is 0.173. The number of hydrogen-bond acceptors (Lipinski definition) is 5. The third-order valence-corrected chi connectivity index (χ3v) is 4.79. The van der Waals surface area contributed by atoms with Crippen LogP contribution in [0.4, 0.5) is 10.5 Å². The number of methoxy groups -OCH3 is 1. The predicted molar refractivity (Wildman–Crippen MR) is 100.0 cm³/mol. The highest BCUT2D eigenvalue weighted by molar-refractivity contribution is 8.14. The standard InChI is InChI=1S/C19H18N2O4S/c1-25-11-15-6-2-3-8-16(15)20-18(23)14-7-4-5-13(9-14)10-21-17(22)12-26-19(21)24/h2-9H,10-12H2,1H3,(H,20,23). The van der Waals surface area contributed by atoms with Gasteiger partial charge in [-0.25, -0.2) is 0 Å². The van der Waals surface area contributed by atoms with E-state index < -0.39 is 0 Å². The number of ether oxygens (including phenoxy) is 1. The maximum atomic E-state index is 12.6. The highest BCUT2D eigenvalue weighted by Crippen LogP contribution is 2.22. The van der Waals surface area contributed by atoms with Crippen molar-refractivity contribution in [3.05, 3.63) is 65.2 Å². The molecule has 1 fully saturated rings. The van der Waals surface area contributed by atoms with Crippen LogP contribution >= 0.6 is 11.8 Å². The van der Waals surface area contributed by atoms with Gasteiger partial charge in [0, 0.05) is 23.9 Å². The van der Waals surface area contributed by atoms with Gasteiger partial charge < -0.3 is 10.1 Å². The monoisotopic (exact) mass is 370 g/mol. The number of nitrogens with zero attached hydrogens (tertiary/aromatic N) is 1. The summed E-state index contributed by atoms with van der Waals surface area (Å²) in [4.78, 5) is 37.3. The number of hydrogen-bond donors (Lipinski definition) is 1. The summed E-state index contributed by atoms with van der Waals surface area (Å²) < 4.78 is 5.15. The zero-order chi connectivity index (χ0) is 18.5. The Morgan fingerprint density at radius 2 is 2.00 bits per heavy atom. The lowest BCUT2D eigenvalue weighted by Gasteiger charge is -2.14. The summed E-state index contributed by atoms with van der Waals surface area (Å²) in [6, 6.07) is 14.3. The molecule has 1 aliphatic rings. The van der Waals surface area contributed by atoms with Gasteiger partial charge >= 0.3 is 0 Å². The van der Waals surface area contributed by atoms with Crippen LogP contribution in [0.1, 0.15) is 21.5 Å². The molecule has 2 aromatic rings. The van der Waals surface area contributed by atoms with E-state index in [0.29, 0.717) is 17.9 Å². The van der Waals surface area contributed by atoms with E-state index in [2.05, 4.69) is 5.32 Å². The molecule has 0 radical (unpaired) electrons. The minimum Gasteiger partial charge on any atom is -0.380 e. The Morgan fingerprint density at radius 1 is 1.19 bits per heavy atom. The fourth-order valence-electron chi connectivity index (χ4n) is 2.65. The SMILES string of the molecule is COCc1ccccc1NC(=O)c1cccc(CN2C(=O)CSC2=O)c1. The van der Waals surface area contributed by atoms with Crippen molar-refractivity contribution in [2.45, 2.75) is 13.2 Å². The molecule has 1 saturated heterocycles. The Morgan fingerprint density at radius 3 is 2.73 bits per heavy atom. The lowest BCUT2D eigenvalue weighted by molar-refractivity contribution is -0.125. The molecule has 1 N–H and O–H groups in total. The average Bonchev–Trinajstić information content (AvgIpc) is 2.96. The maximum Gasteiger partial charge on any atom is 0.289 e. The van der Waals surface area contributed by atoms with Gasteiger partial charge in [0.05, 0.1) is 18.9 Å². The van der Waals surface area contributed by atoms with Crippen LogP contribution in [0.5, 0.6) is 0 Å².